The number of primary amides is 1. The Morgan fingerprint density at radius 3 is 2.69 bits per heavy atom. The number of aromatic nitrogens is 2. The summed E-state index contributed by atoms with van der Waals surface area (Å²) in [6.07, 6.45) is 8.60. The van der Waals surface area contributed by atoms with Crippen LogP contribution in [0.25, 0.3) is 5.57 Å². The summed E-state index contributed by atoms with van der Waals surface area (Å²) >= 11 is 1.49. The third-order valence-corrected chi connectivity index (χ3v) is 4.67. The van der Waals surface area contributed by atoms with Crippen molar-refractivity contribution < 1.29 is 4.79 Å². The lowest BCUT2D eigenvalue weighted by Gasteiger charge is -2.29. The molecule has 0 atom stereocenters. The number of hydrogen-bond acceptors (Lipinski definition) is 8. The van der Waals surface area contributed by atoms with Gasteiger partial charge in [-0.3, -0.25) is 4.79 Å². The average molecular weight is 416 g/mol. The predicted octanol–water partition coefficient (Wildman–Crippen LogP) is 3.04. The number of carbonyl (C=O) groups is 1. The zero-order valence-electron chi connectivity index (χ0n) is 16.9. The van der Waals surface area contributed by atoms with Crippen molar-refractivity contribution in [3.05, 3.63) is 48.1 Å². The quantitative estimate of drug-likeness (QED) is 0.327. The van der Waals surface area contributed by atoms with Gasteiger partial charge in [-0.05, 0) is 6.07 Å². The maximum absolute atomic E-state index is 8.58. The van der Waals surface area contributed by atoms with Gasteiger partial charge in [0.2, 0.25) is 6.41 Å². The van der Waals surface area contributed by atoms with E-state index in [0.717, 1.165) is 53.3 Å². The predicted molar refractivity (Wildman–Crippen MR) is 123 cm³/mol. The van der Waals surface area contributed by atoms with E-state index in [0.29, 0.717) is 0 Å². The van der Waals surface area contributed by atoms with Gasteiger partial charge in [0.25, 0.3) is 0 Å². The summed E-state index contributed by atoms with van der Waals surface area (Å²) in [6, 6.07) is 4.08. The minimum absolute atomic E-state index is 0.250. The Bertz CT molecular complexity index is 798. The monoisotopic (exact) mass is 415 g/mol. The minimum atomic E-state index is 0.250. The first-order chi connectivity index (χ1) is 14.2. The van der Waals surface area contributed by atoms with Crippen LogP contribution in [-0.4, -0.2) is 48.8 Å². The molecule has 0 bridgehead atoms. The zero-order chi connectivity index (χ0) is 21.5. The molecular formula is C20H29N7OS. The van der Waals surface area contributed by atoms with Crippen molar-refractivity contribution in [3.63, 3.8) is 0 Å². The second kappa shape index (κ2) is 14.0. The van der Waals surface area contributed by atoms with Crippen LogP contribution < -0.4 is 21.3 Å². The van der Waals surface area contributed by atoms with Gasteiger partial charge in [-0.25, -0.2) is 9.97 Å². The normalized spacial score (nSPS) is 13.2. The fraction of sp³-hybridized carbons (Fsp3) is 0.300. The van der Waals surface area contributed by atoms with Gasteiger partial charge in [-0.2, -0.15) is 0 Å². The summed E-state index contributed by atoms with van der Waals surface area (Å²) in [6.45, 7) is 11.7. The van der Waals surface area contributed by atoms with E-state index in [-0.39, 0.29) is 6.41 Å². The van der Waals surface area contributed by atoms with Gasteiger partial charge in [0, 0.05) is 62.1 Å². The summed E-state index contributed by atoms with van der Waals surface area (Å²) in [5.41, 5.74) is 6.12. The molecule has 29 heavy (non-hydrogen) atoms. The Morgan fingerprint density at radius 2 is 2.07 bits per heavy atom. The van der Waals surface area contributed by atoms with Gasteiger partial charge in [0.05, 0.1) is 4.88 Å². The van der Waals surface area contributed by atoms with Gasteiger partial charge in [-0.1, -0.05) is 43.9 Å². The van der Waals surface area contributed by atoms with E-state index in [4.69, 9.17) is 10.2 Å². The standard InChI is InChI=1S/C17H20N6S.C2H6.CH3NO/c1-2-3-13(11-18)15-12-21-17(24-15)22-16-10-14(4-5-20-16)23-8-6-19-7-9-23;1-2;2-1-3/h2-5,10-12,18-19H,1,6-9H2,(H,20,21,22);1-2H3;1H,(H2,2,3)/b13-3+,18-11?;;. The molecule has 2 aromatic rings. The average Bonchev–Trinajstić information content (AvgIpc) is 3.23. The summed E-state index contributed by atoms with van der Waals surface area (Å²) < 4.78 is 0. The number of pyridine rings is 1. The summed E-state index contributed by atoms with van der Waals surface area (Å²) in [5, 5.41) is 14.8. The molecule has 9 heteroatoms. The summed E-state index contributed by atoms with van der Waals surface area (Å²) in [5.74, 6) is 0.774. The number of piperazine rings is 1. The van der Waals surface area contributed by atoms with Crippen LogP contribution in [0.3, 0.4) is 0 Å². The third-order valence-electron chi connectivity index (χ3n) is 3.70. The summed E-state index contributed by atoms with van der Waals surface area (Å²) in [4.78, 5) is 20.6. The molecule has 156 valence electrons. The molecule has 1 amide bonds. The lowest BCUT2D eigenvalue weighted by Crippen LogP contribution is -2.43. The number of rotatable bonds is 6. The first-order valence-electron chi connectivity index (χ1n) is 9.35. The summed E-state index contributed by atoms with van der Waals surface area (Å²) in [7, 11) is 0. The lowest BCUT2D eigenvalue weighted by molar-refractivity contribution is -0.106. The largest absolute Gasteiger partial charge is 0.372 e. The van der Waals surface area contributed by atoms with E-state index in [1.807, 2.05) is 32.2 Å². The topological polar surface area (TPSA) is 120 Å². The maximum Gasteiger partial charge on any atom is 0.204 e. The number of carbonyl (C=O) groups excluding carboxylic acids is 1. The Morgan fingerprint density at radius 1 is 1.38 bits per heavy atom. The first kappa shape index (κ1) is 24.0. The van der Waals surface area contributed by atoms with Crippen molar-refractivity contribution in [3.8, 4) is 0 Å². The number of nitrogens with zero attached hydrogens (tertiary/aromatic N) is 3. The number of amides is 1. The molecule has 8 nitrogen and oxygen atoms in total. The van der Waals surface area contributed by atoms with Crippen molar-refractivity contribution in [2.24, 2.45) is 5.73 Å². The fourth-order valence-electron chi connectivity index (χ4n) is 2.51. The van der Waals surface area contributed by atoms with Crippen molar-refractivity contribution in [1.29, 1.82) is 5.41 Å². The van der Waals surface area contributed by atoms with E-state index in [2.05, 4.69) is 37.8 Å². The smallest absolute Gasteiger partial charge is 0.204 e. The fourth-order valence-corrected chi connectivity index (χ4v) is 3.33. The molecule has 5 N–H and O–H groups in total. The van der Waals surface area contributed by atoms with E-state index in [1.54, 1.807) is 18.3 Å². The first-order valence-corrected chi connectivity index (χ1v) is 10.2. The van der Waals surface area contributed by atoms with Gasteiger partial charge in [0.15, 0.2) is 5.13 Å². The van der Waals surface area contributed by atoms with Crippen LogP contribution in [0, 0.1) is 5.41 Å². The van der Waals surface area contributed by atoms with Crippen LogP contribution in [0.4, 0.5) is 16.6 Å². The molecular weight excluding hydrogens is 386 g/mol. The van der Waals surface area contributed by atoms with Crippen LogP contribution in [0.15, 0.2) is 43.3 Å². The molecule has 1 fully saturated rings. The molecule has 0 spiro atoms. The van der Waals surface area contributed by atoms with E-state index >= 15 is 0 Å². The van der Waals surface area contributed by atoms with Gasteiger partial charge in [-0.15, -0.1) is 0 Å². The van der Waals surface area contributed by atoms with Crippen molar-refractivity contribution in [2.45, 2.75) is 13.8 Å². The number of thiazole rings is 1. The second-order valence-corrected chi connectivity index (χ2v) is 6.46. The molecule has 3 heterocycles. The third kappa shape index (κ3) is 7.84. The van der Waals surface area contributed by atoms with Crippen LogP contribution in [0.1, 0.15) is 18.7 Å². The molecule has 1 saturated heterocycles. The number of anilines is 3. The van der Waals surface area contributed by atoms with E-state index in [1.165, 1.54) is 17.6 Å². The van der Waals surface area contributed by atoms with Crippen molar-refractivity contribution in [2.75, 3.05) is 36.4 Å². The molecule has 3 rings (SSSR count). The molecule has 1 aliphatic rings. The number of allylic oxidation sites excluding steroid dienone is 3. The molecule has 0 saturated carbocycles. The molecule has 0 aliphatic carbocycles. The highest BCUT2D eigenvalue weighted by Crippen LogP contribution is 2.27. The Balaban J connectivity index is 0.000000771. The highest BCUT2D eigenvalue weighted by molar-refractivity contribution is 7.17. The maximum atomic E-state index is 8.58. The molecule has 0 radical (unpaired) electrons. The minimum Gasteiger partial charge on any atom is -0.372 e. The van der Waals surface area contributed by atoms with Crippen LogP contribution in [-0.2, 0) is 4.79 Å². The van der Waals surface area contributed by atoms with E-state index in [9.17, 15) is 0 Å². The Kier molecular flexibility index (Phi) is 11.6. The SMILES string of the molecule is C=C/C=C(\C=N)c1cnc(Nc2cc(N3CCNCC3)ccn2)s1.CC.NC=O. The highest BCUT2D eigenvalue weighted by Gasteiger charge is 2.12. The number of nitrogens with one attached hydrogen (secondary N) is 3. The molecule has 1 aliphatic heterocycles. The van der Waals surface area contributed by atoms with Crippen LogP contribution in [0.2, 0.25) is 0 Å². The number of nitrogens with two attached hydrogens (primary N) is 1. The van der Waals surface area contributed by atoms with Gasteiger partial charge in [0.1, 0.15) is 5.82 Å². The number of hydrogen-bond donors (Lipinski definition) is 4. The second-order valence-electron chi connectivity index (χ2n) is 5.43. The van der Waals surface area contributed by atoms with Crippen molar-refractivity contribution in [1.82, 2.24) is 15.3 Å². The Hall–Kier alpha value is -3.04. The lowest BCUT2D eigenvalue weighted by atomic mass is 10.2. The van der Waals surface area contributed by atoms with Crippen LogP contribution >= 0.6 is 11.3 Å². The van der Waals surface area contributed by atoms with E-state index < -0.39 is 0 Å². The molecule has 2 aromatic heterocycles. The molecule has 0 unspecified atom stereocenters. The zero-order valence-corrected chi connectivity index (χ0v) is 17.7. The Labute approximate surface area is 176 Å². The van der Waals surface area contributed by atoms with Gasteiger partial charge < -0.3 is 26.7 Å². The highest BCUT2D eigenvalue weighted by atomic mass is 32.1. The van der Waals surface area contributed by atoms with Crippen LogP contribution in [0.5, 0.6) is 0 Å². The molecule has 0 aromatic carbocycles. The van der Waals surface area contributed by atoms with Gasteiger partial charge >= 0.3 is 0 Å². The van der Waals surface area contributed by atoms with Crippen molar-refractivity contribution >= 4 is 46.2 Å².